The van der Waals surface area contributed by atoms with Crippen molar-refractivity contribution in [2.75, 3.05) is 5.75 Å². The van der Waals surface area contributed by atoms with Gasteiger partial charge in [0.15, 0.2) is 0 Å². The molecule has 90 valence electrons. The Balaban J connectivity index is 2.95. The standard InChI is InChI=1S/C12H20N2OS/c1-9-5-6-11(15)14(13-9)7-10(8-16)12(2,3)4/h5-6,10,16H,7-8H2,1-4H3. The predicted molar refractivity (Wildman–Crippen MR) is 70.0 cm³/mol. The Morgan fingerprint density at radius 3 is 2.56 bits per heavy atom. The van der Waals surface area contributed by atoms with Crippen LogP contribution >= 0.6 is 12.6 Å². The summed E-state index contributed by atoms with van der Waals surface area (Å²) in [6.07, 6.45) is 0. The van der Waals surface area contributed by atoms with Gasteiger partial charge >= 0.3 is 0 Å². The first-order valence-corrected chi connectivity index (χ1v) is 6.13. The molecule has 0 aliphatic carbocycles. The molecule has 1 aromatic heterocycles. The van der Waals surface area contributed by atoms with E-state index in [4.69, 9.17) is 0 Å². The Morgan fingerprint density at radius 2 is 2.06 bits per heavy atom. The van der Waals surface area contributed by atoms with Crippen molar-refractivity contribution in [1.29, 1.82) is 0 Å². The summed E-state index contributed by atoms with van der Waals surface area (Å²) in [5, 5.41) is 4.24. The van der Waals surface area contributed by atoms with Gasteiger partial charge in [0.2, 0.25) is 0 Å². The van der Waals surface area contributed by atoms with Gasteiger partial charge in [0.05, 0.1) is 5.69 Å². The first-order chi connectivity index (χ1) is 7.34. The molecule has 1 atom stereocenters. The zero-order chi connectivity index (χ0) is 12.3. The van der Waals surface area contributed by atoms with Gasteiger partial charge in [-0.15, -0.1) is 0 Å². The fourth-order valence-electron chi connectivity index (χ4n) is 1.50. The smallest absolute Gasteiger partial charge is 0.266 e. The molecule has 0 saturated carbocycles. The predicted octanol–water partition coefficient (Wildman–Crippen LogP) is 2.14. The molecular formula is C12H20N2OS. The number of nitrogens with zero attached hydrogens (tertiary/aromatic N) is 2. The minimum atomic E-state index is -0.0402. The van der Waals surface area contributed by atoms with E-state index in [-0.39, 0.29) is 11.0 Å². The van der Waals surface area contributed by atoms with E-state index in [0.29, 0.717) is 12.5 Å². The minimum Gasteiger partial charge on any atom is -0.268 e. The molecule has 1 rings (SSSR count). The molecule has 1 unspecified atom stereocenters. The summed E-state index contributed by atoms with van der Waals surface area (Å²) in [7, 11) is 0. The van der Waals surface area contributed by atoms with E-state index in [1.165, 1.54) is 0 Å². The van der Waals surface area contributed by atoms with Crippen molar-refractivity contribution in [1.82, 2.24) is 9.78 Å². The summed E-state index contributed by atoms with van der Waals surface area (Å²) in [6, 6.07) is 3.31. The summed E-state index contributed by atoms with van der Waals surface area (Å²) in [5.74, 6) is 1.09. The lowest BCUT2D eigenvalue weighted by Gasteiger charge is -2.29. The van der Waals surface area contributed by atoms with Crippen LogP contribution in [0.3, 0.4) is 0 Å². The second kappa shape index (κ2) is 5.04. The maximum atomic E-state index is 11.6. The van der Waals surface area contributed by atoms with E-state index in [1.54, 1.807) is 16.8 Å². The van der Waals surface area contributed by atoms with Crippen LogP contribution in [-0.4, -0.2) is 15.5 Å². The molecule has 1 aromatic rings. The van der Waals surface area contributed by atoms with Crippen LogP contribution in [0, 0.1) is 18.3 Å². The summed E-state index contributed by atoms with van der Waals surface area (Å²) in [5.41, 5.74) is 0.958. The number of aryl methyl sites for hydroxylation is 1. The second-order valence-corrected chi connectivity index (χ2v) is 5.61. The molecule has 0 aliphatic rings. The first kappa shape index (κ1) is 13.3. The van der Waals surface area contributed by atoms with Crippen molar-refractivity contribution < 1.29 is 0 Å². The maximum absolute atomic E-state index is 11.6. The Morgan fingerprint density at radius 1 is 1.44 bits per heavy atom. The minimum absolute atomic E-state index is 0.0402. The van der Waals surface area contributed by atoms with Gasteiger partial charge in [0.25, 0.3) is 5.56 Å². The van der Waals surface area contributed by atoms with Crippen LogP contribution < -0.4 is 5.56 Å². The molecule has 0 amide bonds. The molecule has 0 N–H and O–H groups in total. The third-order valence-corrected chi connectivity index (χ3v) is 3.28. The van der Waals surface area contributed by atoms with Crippen LogP contribution in [0.4, 0.5) is 0 Å². The molecule has 3 nitrogen and oxygen atoms in total. The Kier molecular flexibility index (Phi) is 4.19. The Bertz CT molecular complexity index is 406. The Hall–Kier alpha value is -0.770. The van der Waals surface area contributed by atoms with Gasteiger partial charge in [-0.25, -0.2) is 4.68 Å². The zero-order valence-electron chi connectivity index (χ0n) is 10.4. The van der Waals surface area contributed by atoms with Crippen LogP contribution in [0.1, 0.15) is 26.5 Å². The normalized spacial score (nSPS) is 13.8. The fourth-order valence-corrected chi connectivity index (χ4v) is 2.16. The molecule has 1 heterocycles. The number of thiol groups is 1. The highest BCUT2D eigenvalue weighted by atomic mass is 32.1. The number of hydrogen-bond acceptors (Lipinski definition) is 3. The van der Waals surface area contributed by atoms with Crippen molar-refractivity contribution in [3.8, 4) is 0 Å². The van der Waals surface area contributed by atoms with Crippen molar-refractivity contribution >= 4 is 12.6 Å². The van der Waals surface area contributed by atoms with Gasteiger partial charge in [-0.2, -0.15) is 17.7 Å². The molecule has 4 heteroatoms. The van der Waals surface area contributed by atoms with Gasteiger partial charge in [0.1, 0.15) is 0 Å². The average Bonchev–Trinajstić information content (AvgIpc) is 2.17. The molecule has 0 bridgehead atoms. The van der Waals surface area contributed by atoms with E-state index >= 15 is 0 Å². The highest BCUT2D eigenvalue weighted by Gasteiger charge is 2.24. The van der Waals surface area contributed by atoms with Gasteiger partial charge in [-0.1, -0.05) is 20.8 Å². The van der Waals surface area contributed by atoms with Gasteiger partial charge in [-0.05, 0) is 30.1 Å². The zero-order valence-corrected chi connectivity index (χ0v) is 11.3. The molecular weight excluding hydrogens is 220 g/mol. The highest BCUT2D eigenvalue weighted by molar-refractivity contribution is 7.80. The van der Waals surface area contributed by atoms with Gasteiger partial charge in [-0.3, -0.25) is 4.79 Å². The molecule has 0 aliphatic heterocycles. The lowest BCUT2D eigenvalue weighted by Crippen LogP contribution is -2.33. The van der Waals surface area contributed by atoms with Crippen LogP contribution in [0.15, 0.2) is 16.9 Å². The van der Waals surface area contributed by atoms with E-state index < -0.39 is 0 Å². The number of aromatic nitrogens is 2. The summed E-state index contributed by atoms with van der Waals surface area (Å²) in [6.45, 7) is 9.01. The molecule has 0 fully saturated rings. The summed E-state index contributed by atoms with van der Waals surface area (Å²) < 4.78 is 1.54. The van der Waals surface area contributed by atoms with Crippen molar-refractivity contribution in [3.63, 3.8) is 0 Å². The lowest BCUT2D eigenvalue weighted by molar-refractivity contribution is 0.227. The molecule has 0 radical (unpaired) electrons. The molecule has 0 aromatic carbocycles. The summed E-state index contributed by atoms with van der Waals surface area (Å²) >= 11 is 4.36. The van der Waals surface area contributed by atoms with Gasteiger partial charge in [0, 0.05) is 12.6 Å². The van der Waals surface area contributed by atoms with Crippen LogP contribution in [0.2, 0.25) is 0 Å². The van der Waals surface area contributed by atoms with Crippen molar-refractivity contribution in [2.45, 2.75) is 34.2 Å². The SMILES string of the molecule is Cc1ccc(=O)n(CC(CS)C(C)(C)C)n1. The van der Waals surface area contributed by atoms with Crippen LogP contribution in [0.25, 0.3) is 0 Å². The molecule has 16 heavy (non-hydrogen) atoms. The quantitative estimate of drug-likeness (QED) is 0.822. The Labute approximate surface area is 102 Å². The number of rotatable bonds is 3. The maximum Gasteiger partial charge on any atom is 0.266 e. The van der Waals surface area contributed by atoms with Crippen LogP contribution in [-0.2, 0) is 6.54 Å². The van der Waals surface area contributed by atoms with Crippen molar-refractivity contribution in [3.05, 3.63) is 28.2 Å². The van der Waals surface area contributed by atoms with E-state index in [2.05, 4.69) is 38.5 Å². The monoisotopic (exact) mass is 240 g/mol. The lowest BCUT2D eigenvalue weighted by atomic mass is 9.82. The number of hydrogen-bond donors (Lipinski definition) is 1. The highest BCUT2D eigenvalue weighted by Crippen LogP contribution is 2.27. The van der Waals surface area contributed by atoms with E-state index in [1.807, 2.05) is 6.92 Å². The third-order valence-electron chi connectivity index (χ3n) is 2.84. The van der Waals surface area contributed by atoms with E-state index in [9.17, 15) is 4.79 Å². The van der Waals surface area contributed by atoms with Gasteiger partial charge < -0.3 is 0 Å². The average molecular weight is 240 g/mol. The topological polar surface area (TPSA) is 34.9 Å². The largest absolute Gasteiger partial charge is 0.268 e. The second-order valence-electron chi connectivity index (χ2n) is 5.24. The first-order valence-electron chi connectivity index (χ1n) is 5.50. The fraction of sp³-hybridized carbons (Fsp3) is 0.667. The van der Waals surface area contributed by atoms with Crippen molar-refractivity contribution in [2.24, 2.45) is 11.3 Å². The molecule has 0 spiro atoms. The van der Waals surface area contributed by atoms with E-state index in [0.717, 1.165) is 11.4 Å². The summed E-state index contributed by atoms with van der Waals surface area (Å²) in [4.78, 5) is 11.6. The van der Waals surface area contributed by atoms with Crippen LogP contribution in [0.5, 0.6) is 0 Å². The third kappa shape index (κ3) is 3.37. The molecule has 0 saturated heterocycles.